The van der Waals surface area contributed by atoms with Crippen molar-refractivity contribution in [1.29, 1.82) is 0 Å². The summed E-state index contributed by atoms with van der Waals surface area (Å²) in [5.74, 6) is 3.79. The Labute approximate surface area is 162 Å². The molecule has 7 heteroatoms. The molecule has 2 bridgehead atoms. The number of aliphatic imine (C=N–C) groups is 1. The van der Waals surface area contributed by atoms with Gasteiger partial charge in [-0.1, -0.05) is 13.3 Å². The topological polar surface area (TPSA) is 67.1 Å². The van der Waals surface area contributed by atoms with Crippen molar-refractivity contribution < 1.29 is 0 Å². The van der Waals surface area contributed by atoms with E-state index in [1.165, 1.54) is 25.7 Å². The summed E-state index contributed by atoms with van der Waals surface area (Å²) in [7, 11) is 0. The number of hydrogen-bond donors (Lipinski definition) is 2. The molecule has 1 heterocycles. The molecule has 3 unspecified atom stereocenters. The number of halogens is 1. The van der Waals surface area contributed by atoms with E-state index in [2.05, 4.69) is 46.2 Å². The van der Waals surface area contributed by atoms with E-state index in [1.54, 1.807) is 6.33 Å². The van der Waals surface area contributed by atoms with E-state index >= 15 is 0 Å². The zero-order valence-electron chi connectivity index (χ0n) is 15.0. The van der Waals surface area contributed by atoms with Crippen molar-refractivity contribution in [2.45, 2.75) is 71.5 Å². The van der Waals surface area contributed by atoms with Crippen molar-refractivity contribution in [3.63, 3.8) is 0 Å². The third kappa shape index (κ3) is 4.83. The van der Waals surface area contributed by atoms with E-state index in [9.17, 15) is 0 Å². The van der Waals surface area contributed by atoms with Gasteiger partial charge in [-0.3, -0.25) is 4.99 Å². The fourth-order valence-corrected chi connectivity index (χ4v) is 4.01. The summed E-state index contributed by atoms with van der Waals surface area (Å²) in [4.78, 5) is 4.78. The first-order valence-corrected chi connectivity index (χ1v) is 9.10. The van der Waals surface area contributed by atoms with Crippen LogP contribution in [0.2, 0.25) is 0 Å². The lowest BCUT2D eigenvalue weighted by Gasteiger charge is -2.26. The van der Waals surface area contributed by atoms with Crippen LogP contribution in [0.4, 0.5) is 0 Å². The summed E-state index contributed by atoms with van der Waals surface area (Å²) in [5, 5.41) is 15.3. The molecule has 2 saturated carbocycles. The fraction of sp³-hybridized carbons (Fsp3) is 0.824. The Kier molecular flexibility index (Phi) is 7.31. The van der Waals surface area contributed by atoms with Gasteiger partial charge in [-0.2, -0.15) is 0 Å². The molecule has 6 nitrogen and oxygen atoms in total. The Morgan fingerprint density at radius 3 is 2.83 bits per heavy atom. The molecular weight excluding hydrogens is 415 g/mol. The maximum atomic E-state index is 4.78. The van der Waals surface area contributed by atoms with Crippen LogP contribution in [0.25, 0.3) is 0 Å². The molecular formula is C17H31IN6. The van der Waals surface area contributed by atoms with Crippen LogP contribution in [0.5, 0.6) is 0 Å². The van der Waals surface area contributed by atoms with Gasteiger partial charge < -0.3 is 15.2 Å². The largest absolute Gasteiger partial charge is 0.354 e. The van der Waals surface area contributed by atoms with Crippen molar-refractivity contribution in [2.24, 2.45) is 16.8 Å². The summed E-state index contributed by atoms with van der Waals surface area (Å²) < 4.78 is 2.09. The van der Waals surface area contributed by atoms with Crippen LogP contribution in [-0.2, 0) is 13.0 Å². The van der Waals surface area contributed by atoms with Crippen molar-refractivity contribution in [2.75, 3.05) is 6.54 Å². The van der Waals surface area contributed by atoms with Gasteiger partial charge in [-0.15, -0.1) is 34.2 Å². The number of fused-ring (bicyclic) bond motifs is 2. The Hall–Kier alpha value is -0.860. The molecule has 0 amide bonds. The molecule has 1 aromatic rings. The van der Waals surface area contributed by atoms with Gasteiger partial charge in [-0.05, 0) is 44.9 Å². The van der Waals surface area contributed by atoms with Gasteiger partial charge in [0.25, 0.3) is 0 Å². The maximum Gasteiger partial charge on any atom is 0.191 e. The van der Waals surface area contributed by atoms with Crippen LogP contribution in [0.1, 0.15) is 52.3 Å². The third-order valence-corrected chi connectivity index (χ3v) is 5.11. The summed E-state index contributed by atoms with van der Waals surface area (Å²) in [6, 6.07) is 1.00. The zero-order chi connectivity index (χ0) is 16.2. The van der Waals surface area contributed by atoms with E-state index in [0.29, 0.717) is 12.1 Å². The molecule has 0 spiro atoms. The Morgan fingerprint density at radius 2 is 2.21 bits per heavy atom. The number of guanidine groups is 1. The molecule has 0 radical (unpaired) electrons. The Balaban J connectivity index is 0.00000208. The number of nitrogens with zero attached hydrogens (tertiary/aromatic N) is 4. The average molecular weight is 446 g/mol. The minimum absolute atomic E-state index is 0. The number of aromatic nitrogens is 3. The number of rotatable bonds is 6. The van der Waals surface area contributed by atoms with Crippen molar-refractivity contribution in [3.8, 4) is 0 Å². The van der Waals surface area contributed by atoms with Crippen molar-refractivity contribution in [3.05, 3.63) is 12.2 Å². The molecule has 0 aliphatic heterocycles. The highest BCUT2D eigenvalue weighted by Gasteiger charge is 2.39. The second-order valence-electron chi connectivity index (χ2n) is 7.25. The summed E-state index contributed by atoms with van der Waals surface area (Å²) >= 11 is 0. The van der Waals surface area contributed by atoms with Gasteiger partial charge in [0.05, 0.1) is 6.54 Å². The van der Waals surface area contributed by atoms with E-state index in [-0.39, 0.29) is 24.0 Å². The molecule has 24 heavy (non-hydrogen) atoms. The highest BCUT2D eigenvalue weighted by atomic mass is 127. The lowest BCUT2D eigenvalue weighted by Crippen LogP contribution is -2.47. The number of aryl methyl sites for hydroxylation is 1. The van der Waals surface area contributed by atoms with Crippen molar-refractivity contribution >= 4 is 29.9 Å². The molecule has 2 aliphatic carbocycles. The standard InChI is InChI=1S/C17H30N6.HI/c1-4-16-22-19-11-23(16)8-7-18-17(20-12(2)3)21-15-10-13-5-6-14(15)9-13;/h11-15H,4-10H2,1-3H3,(H2,18,20,21);1H. The first kappa shape index (κ1) is 19.5. The average Bonchev–Trinajstić information content (AvgIpc) is 3.22. The van der Waals surface area contributed by atoms with Gasteiger partial charge in [0.1, 0.15) is 12.2 Å². The van der Waals surface area contributed by atoms with E-state index in [1.807, 2.05) is 0 Å². The second kappa shape index (κ2) is 9.01. The predicted molar refractivity (Wildman–Crippen MR) is 108 cm³/mol. The Morgan fingerprint density at radius 1 is 1.38 bits per heavy atom. The van der Waals surface area contributed by atoms with E-state index < -0.39 is 0 Å². The van der Waals surface area contributed by atoms with Crippen LogP contribution in [0.15, 0.2) is 11.3 Å². The molecule has 2 fully saturated rings. The van der Waals surface area contributed by atoms with Crippen LogP contribution in [-0.4, -0.2) is 39.4 Å². The monoisotopic (exact) mass is 446 g/mol. The lowest BCUT2D eigenvalue weighted by atomic mass is 9.95. The minimum Gasteiger partial charge on any atom is -0.354 e. The van der Waals surface area contributed by atoms with Crippen LogP contribution in [0, 0.1) is 11.8 Å². The quantitative estimate of drug-likeness (QED) is 0.401. The van der Waals surface area contributed by atoms with Crippen LogP contribution >= 0.6 is 24.0 Å². The zero-order valence-corrected chi connectivity index (χ0v) is 17.4. The number of hydrogen-bond acceptors (Lipinski definition) is 3. The summed E-state index contributed by atoms with van der Waals surface area (Å²) in [6.45, 7) is 8.00. The van der Waals surface area contributed by atoms with Gasteiger partial charge in [0.15, 0.2) is 5.96 Å². The minimum atomic E-state index is 0. The van der Waals surface area contributed by atoms with Gasteiger partial charge >= 0.3 is 0 Å². The normalized spacial score (nSPS) is 25.8. The van der Waals surface area contributed by atoms with E-state index in [0.717, 1.165) is 43.1 Å². The van der Waals surface area contributed by atoms with E-state index in [4.69, 9.17) is 4.99 Å². The van der Waals surface area contributed by atoms with Crippen LogP contribution < -0.4 is 10.6 Å². The summed E-state index contributed by atoms with van der Waals surface area (Å²) in [5.41, 5.74) is 0. The molecule has 1 aromatic heterocycles. The molecule has 136 valence electrons. The molecule has 2 N–H and O–H groups in total. The highest BCUT2D eigenvalue weighted by molar-refractivity contribution is 14.0. The van der Waals surface area contributed by atoms with Crippen LogP contribution in [0.3, 0.4) is 0 Å². The summed E-state index contributed by atoms with van der Waals surface area (Å²) in [6.07, 6.45) is 8.25. The molecule has 0 saturated heterocycles. The third-order valence-electron chi connectivity index (χ3n) is 5.11. The highest BCUT2D eigenvalue weighted by Crippen LogP contribution is 2.44. The van der Waals surface area contributed by atoms with Crippen molar-refractivity contribution in [1.82, 2.24) is 25.4 Å². The Bertz CT molecular complexity index is 541. The first-order chi connectivity index (χ1) is 11.2. The molecule has 2 aliphatic rings. The fourth-order valence-electron chi connectivity index (χ4n) is 4.01. The molecule has 3 atom stereocenters. The number of nitrogens with one attached hydrogen (secondary N) is 2. The van der Waals surface area contributed by atoms with Gasteiger partial charge in [0, 0.05) is 25.0 Å². The maximum absolute atomic E-state index is 4.78. The second-order valence-corrected chi connectivity index (χ2v) is 7.25. The van der Waals surface area contributed by atoms with Gasteiger partial charge in [0.2, 0.25) is 0 Å². The SMILES string of the molecule is CCc1nncn1CCN=C(NC(C)C)NC1CC2CCC1C2.I. The predicted octanol–water partition coefficient (Wildman–Crippen LogP) is 2.59. The van der Waals surface area contributed by atoms with Gasteiger partial charge in [-0.25, -0.2) is 0 Å². The smallest absolute Gasteiger partial charge is 0.191 e. The molecule has 0 aromatic carbocycles. The first-order valence-electron chi connectivity index (χ1n) is 9.10. The lowest BCUT2D eigenvalue weighted by molar-refractivity contribution is 0.386. The molecule has 3 rings (SSSR count).